The molecule has 0 unspecified atom stereocenters. The second-order valence-corrected chi connectivity index (χ2v) is 5.47. The molecule has 4 nitrogen and oxygen atoms in total. The highest BCUT2D eigenvalue weighted by Gasteiger charge is 2.12. The van der Waals surface area contributed by atoms with Gasteiger partial charge in [-0.05, 0) is 36.8 Å². The van der Waals surface area contributed by atoms with Gasteiger partial charge in [0.1, 0.15) is 12.4 Å². The summed E-state index contributed by atoms with van der Waals surface area (Å²) in [5.74, 6) is 0.335. The van der Waals surface area contributed by atoms with E-state index in [9.17, 15) is 4.79 Å². The largest absolute Gasteiger partial charge is 0.488 e. The molecule has 0 radical (unpaired) electrons. The van der Waals surface area contributed by atoms with Crippen molar-refractivity contribution in [3.63, 3.8) is 0 Å². The molecule has 0 bridgehead atoms. The van der Waals surface area contributed by atoms with Gasteiger partial charge in [-0.3, -0.25) is 9.78 Å². The standard InChI is InChI=1S/C20H18N2O2/c1-15-8-10-16(11-9-15)14-24-19-7-3-2-6-18(19)20(23)22-17-5-4-12-21-13-17/h2-13H,14H2,1H3,(H,22,23). The molecule has 1 aromatic heterocycles. The molecule has 0 saturated carbocycles. The van der Waals surface area contributed by atoms with Crippen LogP contribution < -0.4 is 10.1 Å². The first kappa shape index (κ1) is 15.7. The highest BCUT2D eigenvalue weighted by molar-refractivity contribution is 6.06. The van der Waals surface area contributed by atoms with Crippen LogP contribution in [0.1, 0.15) is 21.5 Å². The first-order chi connectivity index (χ1) is 11.7. The fourth-order valence-corrected chi connectivity index (χ4v) is 2.26. The molecule has 0 fully saturated rings. The van der Waals surface area contributed by atoms with Crippen LogP contribution in [0.4, 0.5) is 5.69 Å². The summed E-state index contributed by atoms with van der Waals surface area (Å²) in [5, 5.41) is 2.82. The van der Waals surface area contributed by atoms with Crippen molar-refractivity contribution in [3.8, 4) is 5.75 Å². The first-order valence-corrected chi connectivity index (χ1v) is 7.71. The summed E-state index contributed by atoms with van der Waals surface area (Å²) in [7, 11) is 0. The minimum absolute atomic E-state index is 0.220. The number of para-hydroxylation sites is 1. The molecule has 3 rings (SSSR count). The van der Waals surface area contributed by atoms with Crippen molar-refractivity contribution in [3.05, 3.63) is 89.7 Å². The Morgan fingerprint density at radius 2 is 1.83 bits per heavy atom. The number of nitrogens with one attached hydrogen (secondary N) is 1. The number of anilines is 1. The van der Waals surface area contributed by atoms with E-state index in [1.54, 1.807) is 36.7 Å². The number of ether oxygens (including phenoxy) is 1. The number of hydrogen-bond acceptors (Lipinski definition) is 3. The normalized spacial score (nSPS) is 10.2. The fourth-order valence-electron chi connectivity index (χ4n) is 2.26. The summed E-state index contributed by atoms with van der Waals surface area (Å²) in [4.78, 5) is 16.5. The van der Waals surface area contributed by atoms with E-state index in [-0.39, 0.29) is 5.91 Å². The predicted molar refractivity (Wildman–Crippen MR) is 94.1 cm³/mol. The van der Waals surface area contributed by atoms with Gasteiger partial charge in [0.25, 0.3) is 5.91 Å². The van der Waals surface area contributed by atoms with Crippen molar-refractivity contribution in [2.45, 2.75) is 13.5 Å². The minimum Gasteiger partial charge on any atom is -0.488 e. The lowest BCUT2D eigenvalue weighted by Crippen LogP contribution is -2.13. The number of aromatic nitrogens is 1. The van der Waals surface area contributed by atoms with Crippen molar-refractivity contribution < 1.29 is 9.53 Å². The van der Waals surface area contributed by atoms with E-state index in [1.165, 1.54) is 5.56 Å². The lowest BCUT2D eigenvalue weighted by Gasteiger charge is -2.12. The van der Waals surface area contributed by atoms with E-state index in [4.69, 9.17) is 4.74 Å². The van der Waals surface area contributed by atoms with Gasteiger partial charge in [0.2, 0.25) is 0 Å². The van der Waals surface area contributed by atoms with Crippen LogP contribution in [-0.2, 0) is 6.61 Å². The molecule has 1 N–H and O–H groups in total. The van der Waals surface area contributed by atoms with Crippen LogP contribution in [0.3, 0.4) is 0 Å². The van der Waals surface area contributed by atoms with Gasteiger partial charge in [0, 0.05) is 6.20 Å². The van der Waals surface area contributed by atoms with Crippen LogP contribution in [0.5, 0.6) is 5.75 Å². The van der Waals surface area contributed by atoms with Gasteiger partial charge in [-0.1, -0.05) is 42.0 Å². The van der Waals surface area contributed by atoms with Gasteiger partial charge in [0.05, 0.1) is 17.4 Å². The van der Waals surface area contributed by atoms with Crippen LogP contribution in [0.2, 0.25) is 0 Å². The average Bonchev–Trinajstić information content (AvgIpc) is 2.62. The fraction of sp³-hybridized carbons (Fsp3) is 0.100. The Morgan fingerprint density at radius 1 is 1.04 bits per heavy atom. The van der Waals surface area contributed by atoms with E-state index >= 15 is 0 Å². The molecule has 2 aromatic carbocycles. The number of nitrogens with zero attached hydrogens (tertiary/aromatic N) is 1. The Bertz CT molecular complexity index is 815. The summed E-state index contributed by atoms with van der Waals surface area (Å²) < 4.78 is 5.85. The molecule has 1 heterocycles. The van der Waals surface area contributed by atoms with Gasteiger partial charge in [-0.15, -0.1) is 0 Å². The quantitative estimate of drug-likeness (QED) is 0.766. The SMILES string of the molecule is Cc1ccc(COc2ccccc2C(=O)Nc2cccnc2)cc1. The summed E-state index contributed by atoms with van der Waals surface area (Å²) in [6.07, 6.45) is 3.27. The van der Waals surface area contributed by atoms with E-state index < -0.39 is 0 Å². The molecule has 3 aromatic rings. The summed E-state index contributed by atoms with van der Waals surface area (Å²) in [6, 6.07) is 18.9. The number of pyridine rings is 1. The predicted octanol–water partition coefficient (Wildman–Crippen LogP) is 4.22. The molecule has 24 heavy (non-hydrogen) atoms. The maximum absolute atomic E-state index is 12.5. The molecule has 0 saturated heterocycles. The second kappa shape index (κ2) is 7.42. The lowest BCUT2D eigenvalue weighted by molar-refractivity contribution is 0.102. The lowest BCUT2D eigenvalue weighted by atomic mass is 10.1. The molecule has 0 aliphatic carbocycles. The van der Waals surface area contributed by atoms with Gasteiger partial charge < -0.3 is 10.1 Å². The smallest absolute Gasteiger partial charge is 0.259 e. The number of carbonyl (C=O) groups is 1. The zero-order valence-corrected chi connectivity index (χ0v) is 13.4. The number of amides is 1. The number of carbonyl (C=O) groups excluding carboxylic acids is 1. The minimum atomic E-state index is -0.220. The summed E-state index contributed by atoms with van der Waals surface area (Å²) >= 11 is 0. The average molecular weight is 318 g/mol. The molecular weight excluding hydrogens is 300 g/mol. The van der Waals surface area contributed by atoms with Gasteiger partial charge >= 0.3 is 0 Å². The van der Waals surface area contributed by atoms with E-state index in [0.29, 0.717) is 23.6 Å². The van der Waals surface area contributed by atoms with Crippen molar-refractivity contribution in [2.75, 3.05) is 5.32 Å². The van der Waals surface area contributed by atoms with Crippen molar-refractivity contribution in [1.82, 2.24) is 4.98 Å². The van der Waals surface area contributed by atoms with Gasteiger partial charge in [-0.25, -0.2) is 0 Å². The van der Waals surface area contributed by atoms with Crippen LogP contribution in [0.25, 0.3) is 0 Å². The molecule has 120 valence electrons. The molecule has 0 aliphatic rings. The summed E-state index contributed by atoms with van der Waals surface area (Å²) in [5.41, 5.74) is 3.40. The number of benzene rings is 2. The third kappa shape index (κ3) is 3.98. The van der Waals surface area contributed by atoms with E-state index in [2.05, 4.69) is 10.3 Å². The maximum atomic E-state index is 12.5. The second-order valence-electron chi connectivity index (χ2n) is 5.47. The highest BCUT2D eigenvalue weighted by atomic mass is 16.5. The third-order valence-corrected chi connectivity index (χ3v) is 3.57. The van der Waals surface area contributed by atoms with Gasteiger partial charge in [-0.2, -0.15) is 0 Å². The Hall–Kier alpha value is -3.14. The Kier molecular flexibility index (Phi) is 4.87. The molecule has 0 aliphatic heterocycles. The van der Waals surface area contributed by atoms with Crippen LogP contribution in [0.15, 0.2) is 73.1 Å². The number of hydrogen-bond donors (Lipinski definition) is 1. The Balaban J connectivity index is 1.72. The topological polar surface area (TPSA) is 51.2 Å². The van der Waals surface area contributed by atoms with Crippen molar-refractivity contribution >= 4 is 11.6 Å². The Morgan fingerprint density at radius 3 is 2.58 bits per heavy atom. The monoisotopic (exact) mass is 318 g/mol. The van der Waals surface area contributed by atoms with Crippen LogP contribution in [0, 0.1) is 6.92 Å². The zero-order chi connectivity index (χ0) is 16.8. The number of rotatable bonds is 5. The maximum Gasteiger partial charge on any atom is 0.259 e. The molecule has 1 amide bonds. The van der Waals surface area contributed by atoms with E-state index in [0.717, 1.165) is 5.56 Å². The third-order valence-electron chi connectivity index (χ3n) is 3.57. The zero-order valence-electron chi connectivity index (χ0n) is 13.4. The first-order valence-electron chi connectivity index (χ1n) is 7.71. The van der Waals surface area contributed by atoms with Crippen molar-refractivity contribution in [1.29, 1.82) is 0 Å². The van der Waals surface area contributed by atoms with Gasteiger partial charge in [0.15, 0.2) is 0 Å². The van der Waals surface area contributed by atoms with Crippen LogP contribution in [-0.4, -0.2) is 10.9 Å². The number of aryl methyl sites for hydroxylation is 1. The van der Waals surface area contributed by atoms with E-state index in [1.807, 2.05) is 43.3 Å². The Labute approximate surface area is 141 Å². The van der Waals surface area contributed by atoms with Crippen molar-refractivity contribution in [2.24, 2.45) is 0 Å². The summed E-state index contributed by atoms with van der Waals surface area (Å²) in [6.45, 7) is 2.46. The highest BCUT2D eigenvalue weighted by Crippen LogP contribution is 2.21. The molecule has 0 atom stereocenters. The molecular formula is C20H18N2O2. The molecule has 0 spiro atoms. The van der Waals surface area contributed by atoms with Crippen LogP contribution >= 0.6 is 0 Å². The molecule has 4 heteroatoms.